The van der Waals surface area contributed by atoms with Crippen molar-refractivity contribution in [2.75, 3.05) is 18.1 Å². The summed E-state index contributed by atoms with van der Waals surface area (Å²) in [6, 6.07) is 23.4. The van der Waals surface area contributed by atoms with E-state index < -0.39 is 0 Å². The highest BCUT2D eigenvalue weighted by atomic mass is 32.2. The van der Waals surface area contributed by atoms with Gasteiger partial charge in [0, 0.05) is 6.42 Å². The second-order valence-electron chi connectivity index (χ2n) is 7.80. The minimum atomic E-state index is -0.106. The second kappa shape index (κ2) is 10.7. The van der Waals surface area contributed by atoms with Gasteiger partial charge in [0.2, 0.25) is 0 Å². The number of hydrogen-bond donors (Lipinski definition) is 0. The summed E-state index contributed by atoms with van der Waals surface area (Å²) in [7, 11) is 0. The molecule has 0 atom stereocenters. The minimum absolute atomic E-state index is 0.106. The Bertz CT molecular complexity index is 1170. The highest BCUT2D eigenvalue weighted by Crippen LogP contribution is 2.36. The van der Waals surface area contributed by atoms with Crippen LogP contribution in [0.4, 0.5) is 5.69 Å². The van der Waals surface area contributed by atoms with Crippen molar-refractivity contribution < 1.29 is 14.3 Å². The van der Waals surface area contributed by atoms with Gasteiger partial charge in [-0.2, -0.15) is 0 Å². The molecule has 0 unspecified atom stereocenters. The van der Waals surface area contributed by atoms with E-state index in [1.54, 1.807) is 4.90 Å². The predicted octanol–water partition coefficient (Wildman–Crippen LogP) is 6.56. The molecule has 6 heteroatoms. The van der Waals surface area contributed by atoms with Gasteiger partial charge in [-0.15, -0.1) is 0 Å². The molecule has 1 fully saturated rings. The number of carbonyl (C=O) groups is 1. The molecular formula is C27H25NO3S2. The number of benzene rings is 3. The minimum Gasteiger partial charge on any atom is -0.493 e. The third kappa shape index (κ3) is 6.03. The average molecular weight is 476 g/mol. The molecule has 4 nitrogen and oxygen atoms in total. The van der Waals surface area contributed by atoms with Crippen molar-refractivity contribution in [2.24, 2.45) is 0 Å². The fourth-order valence-electron chi connectivity index (χ4n) is 3.57. The van der Waals surface area contributed by atoms with E-state index in [1.807, 2.05) is 72.8 Å². The summed E-state index contributed by atoms with van der Waals surface area (Å²) in [4.78, 5) is 15.1. The first-order chi connectivity index (χ1) is 16.0. The summed E-state index contributed by atoms with van der Waals surface area (Å²) in [5, 5.41) is 0. The molecule has 168 valence electrons. The first-order valence-corrected chi connectivity index (χ1v) is 12.0. The van der Waals surface area contributed by atoms with Crippen LogP contribution in [0.15, 0.2) is 77.7 Å². The molecule has 0 spiro atoms. The largest absolute Gasteiger partial charge is 0.493 e. The molecule has 0 radical (unpaired) electrons. The van der Waals surface area contributed by atoms with Gasteiger partial charge in [-0.3, -0.25) is 9.69 Å². The molecule has 33 heavy (non-hydrogen) atoms. The molecule has 0 bridgehead atoms. The van der Waals surface area contributed by atoms with Gasteiger partial charge in [0.25, 0.3) is 5.91 Å². The van der Waals surface area contributed by atoms with Crippen LogP contribution < -0.4 is 14.4 Å². The topological polar surface area (TPSA) is 38.8 Å². The van der Waals surface area contributed by atoms with E-state index >= 15 is 0 Å². The van der Waals surface area contributed by atoms with Crippen LogP contribution in [0, 0.1) is 13.8 Å². The Morgan fingerprint density at radius 2 is 1.58 bits per heavy atom. The maximum absolute atomic E-state index is 12.9. The highest BCUT2D eigenvalue weighted by Gasteiger charge is 2.33. The molecule has 3 aromatic carbocycles. The predicted molar refractivity (Wildman–Crippen MR) is 140 cm³/mol. The summed E-state index contributed by atoms with van der Waals surface area (Å²) in [5.41, 5.74) is 4.06. The van der Waals surface area contributed by atoms with Crippen LogP contribution >= 0.6 is 24.0 Å². The fourth-order valence-corrected chi connectivity index (χ4v) is 4.87. The molecule has 0 aromatic heterocycles. The monoisotopic (exact) mass is 475 g/mol. The van der Waals surface area contributed by atoms with Crippen LogP contribution in [0.3, 0.4) is 0 Å². The van der Waals surface area contributed by atoms with Crippen molar-refractivity contribution in [3.05, 3.63) is 94.4 Å². The highest BCUT2D eigenvalue weighted by molar-refractivity contribution is 8.27. The Kier molecular flexibility index (Phi) is 7.47. The Labute approximate surface area is 204 Å². The van der Waals surface area contributed by atoms with Gasteiger partial charge in [-0.05, 0) is 73.0 Å². The quantitative estimate of drug-likeness (QED) is 0.210. The third-order valence-corrected chi connectivity index (χ3v) is 6.29. The van der Waals surface area contributed by atoms with Crippen molar-refractivity contribution in [3.8, 4) is 11.5 Å². The number of rotatable bonds is 8. The molecule has 1 saturated heterocycles. The van der Waals surface area contributed by atoms with Gasteiger partial charge in [-0.25, -0.2) is 0 Å². The van der Waals surface area contributed by atoms with Gasteiger partial charge >= 0.3 is 0 Å². The molecule has 0 N–H and O–H groups in total. The number of thiocarbonyl (C=S) groups is 1. The lowest BCUT2D eigenvalue weighted by atomic mass is 10.1. The molecule has 0 saturated carbocycles. The summed E-state index contributed by atoms with van der Waals surface area (Å²) >= 11 is 6.75. The van der Waals surface area contributed by atoms with Crippen molar-refractivity contribution in [1.29, 1.82) is 0 Å². The number of amides is 1. The normalized spacial score (nSPS) is 14.7. The maximum Gasteiger partial charge on any atom is 0.270 e. The van der Waals surface area contributed by atoms with Gasteiger partial charge in [0.05, 0.1) is 23.8 Å². The number of nitrogens with zero attached hydrogens (tertiary/aromatic N) is 1. The standard InChI is InChI=1S/C27H25NO3S2/c1-19-14-20(2)16-24(15-19)31-13-7-12-30-23-11-6-8-21(17-23)18-25-26(29)28(27(32)33-25)22-9-4-3-5-10-22/h3-6,8-11,14-18H,7,12-13H2,1-2H3. The molecule has 3 aromatic rings. The number of thioether (sulfide) groups is 1. The lowest BCUT2D eigenvalue weighted by Gasteiger charge is -2.13. The molecule has 1 aliphatic rings. The Balaban J connectivity index is 1.33. The number of para-hydroxylation sites is 1. The molecule has 1 amide bonds. The van der Waals surface area contributed by atoms with E-state index in [-0.39, 0.29) is 5.91 Å². The van der Waals surface area contributed by atoms with Crippen LogP contribution in [0.5, 0.6) is 11.5 Å². The van der Waals surface area contributed by atoms with Gasteiger partial charge in [0.1, 0.15) is 11.5 Å². The van der Waals surface area contributed by atoms with Crippen molar-refractivity contribution in [3.63, 3.8) is 0 Å². The summed E-state index contributed by atoms with van der Waals surface area (Å²) in [5.74, 6) is 1.54. The molecule has 4 rings (SSSR count). The number of hydrogen-bond acceptors (Lipinski definition) is 5. The molecule has 1 aliphatic heterocycles. The third-order valence-electron chi connectivity index (χ3n) is 4.99. The number of anilines is 1. The average Bonchev–Trinajstić information content (AvgIpc) is 3.06. The number of carbonyl (C=O) groups excluding carboxylic acids is 1. The van der Waals surface area contributed by atoms with E-state index in [2.05, 4.69) is 19.9 Å². The van der Waals surface area contributed by atoms with Gasteiger partial charge < -0.3 is 9.47 Å². The lowest BCUT2D eigenvalue weighted by Crippen LogP contribution is -2.27. The maximum atomic E-state index is 12.9. The van der Waals surface area contributed by atoms with E-state index in [0.717, 1.165) is 29.2 Å². The van der Waals surface area contributed by atoms with Gasteiger partial charge in [-0.1, -0.05) is 60.4 Å². The van der Waals surface area contributed by atoms with Gasteiger partial charge in [0.15, 0.2) is 4.32 Å². The smallest absolute Gasteiger partial charge is 0.270 e. The number of ether oxygens (including phenoxy) is 2. The van der Waals surface area contributed by atoms with E-state index in [9.17, 15) is 4.79 Å². The summed E-state index contributed by atoms with van der Waals surface area (Å²) in [6.45, 7) is 5.26. The number of aryl methyl sites for hydroxylation is 2. The Hall–Kier alpha value is -3.09. The van der Waals surface area contributed by atoms with E-state index in [1.165, 1.54) is 22.9 Å². The van der Waals surface area contributed by atoms with Crippen LogP contribution in [-0.4, -0.2) is 23.4 Å². The Morgan fingerprint density at radius 3 is 2.30 bits per heavy atom. The zero-order chi connectivity index (χ0) is 23.2. The first kappa shape index (κ1) is 23.1. The van der Waals surface area contributed by atoms with E-state index in [4.69, 9.17) is 21.7 Å². The first-order valence-electron chi connectivity index (χ1n) is 10.8. The van der Waals surface area contributed by atoms with Crippen LogP contribution in [0.2, 0.25) is 0 Å². The van der Waals surface area contributed by atoms with Crippen molar-refractivity contribution >= 4 is 46.0 Å². The van der Waals surface area contributed by atoms with Crippen LogP contribution in [-0.2, 0) is 4.79 Å². The summed E-state index contributed by atoms with van der Waals surface area (Å²) in [6.07, 6.45) is 2.63. The van der Waals surface area contributed by atoms with Crippen LogP contribution in [0.25, 0.3) is 6.08 Å². The molecule has 0 aliphatic carbocycles. The zero-order valence-electron chi connectivity index (χ0n) is 18.6. The molecule has 1 heterocycles. The van der Waals surface area contributed by atoms with Crippen molar-refractivity contribution in [1.82, 2.24) is 0 Å². The van der Waals surface area contributed by atoms with Crippen molar-refractivity contribution in [2.45, 2.75) is 20.3 Å². The SMILES string of the molecule is Cc1cc(C)cc(OCCCOc2cccc(C=C3SC(=S)N(c4ccccc4)C3=O)c2)c1. The van der Waals surface area contributed by atoms with E-state index in [0.29, 0.717) is 22.4 Å². The zero-order valence-corrected chi connectivity index (χ0v) is 20.2. The second-order valence-corrected chi connectivity index (χ2v) is 9.47. The fraction of sp³-hybridized carbons (Fsp3) is 0.185. The van der Waals surface area contributed by atoms with Crippen LogP contribution in [0.1, 0.15) is 23.1 Å². The summed E-state index contributed by atoms with van der Waals surface area (Å²) < 4.78 is 12.3. The Morgan fingerprint density at radius 1 is 0.879 bits per heavy atom. The molecular weight excluding hydrogens is 450 g/mol. The lowest BCUT2D eigenvalue weighted by molar-refractivity contribution is -0.113.